The predicted molar refractivity (Wildman–Crippen MR) is 107 cm³/mol. The minimum absolute atomic E-state index is 0.475. The quantitative estimate of drug-likeness (QED) is 0.652. The molecule has 0 amide bonds. The monoisotopic (exact) mass is 396 g/mol. The SMILES string of the molecule is FC(F)(F)c1ccc(-c2ccc3c(c2)C(NCc2ccccc2)=NCCO3)cc1. The Bertz CT molecular complexity index is 1010. The lowest BCUT2D eigenvalue weighted by atomic mass is 10.0. The summed E-state index contributed by atoms with van der Waals surface area (Å²) >= 11 is 0. The number of aliphatic imine (C=N–C) groups is 1. The Morgan fingerprint density at radius 3 is 2.34 bits per heavy atom. The fourth-order valence-electron chi connectivity index (χ4n) is 3.20. The molecular formula is C23H19F3N2O. The van der Waals surface area contributed by atoms with E-state index in [1.807, 2.05) is 48.5 Å². The third-order valence-electron chi connectivity index (χ3n) is 4.70. The second kappa shape index (κ2) is 7.99. The van der Waals surface area contributed by atoms with E-state index in [1.54, 1.807) is 0 Å². The number of nitrogens with zero attached hydrogens (tertiary/aromatic N) is 1. The van der Waals surface area contributed by atoms with E-state index in [1.165, 1.54) is 12.1 Å². The van der Waals surface area contributed by atoms with E-state index in [2.05, 4.69) is 10.3 Å². The second-order valence-electron chi connectivity index (χ2n) is 6.70. The Morgan fingerprint density at radius 2 is 1.62 bits per heavy atom. The molecule has 0 spiro atoms. The number of ether oxygens (including phenoxy) is 1. The normalized spacial score (nSPS) is 13.7. The van der Waals surface area contributed by atoms with Crippen molar-refractivity contribution in [2.45, 2.75) is 12.7 Å². The van der Waals surface area contributed by atoms with Crippen LogP contribution in [0.15, 0.2) is 77.8 Å². The van der Waals surface area contributed by atoms with Crippen LogP contribution in [0, 0.1) is 0 Å². The average Bonchev–Trinajstić information content (AvgIpc) is 2.94. The fraction of sp³-hybridized carbons (Fsp3) is 0.174. The summed E-state index contributed by atoms with van der Waals surface area (Å²) in [7, 11) is 0. The van der Waals surface area contributed by atoms with Gasteiger partial charge in [-0.05, 0) is 41.0 Å². The van der Waals surface area contributed by atoms with Gasteiger partial charge in [0, 0.05) is 6.54 Å². The third kappa shape index (κ3) is 4.42. The van der Waals surface area contributed by atoms with Gasteiger partial charge in [-0.15, -0.1) is 0 Å². The van der Waals surface area contributed by atoms with Crippen LogP contribution in [-0.4, -0.2) is 19.0 Å². The van der Waals surface area contributed by atoms with Gasteiger partial charge < -0.3 is 10.1 Å². The smallest absolute Gasteiger partial charge is 0.416 e. The van der Waals surface area contributed by atoms with Crippen molar-refractivity contribution in [3.05, 3.63) is 89.5 Å². The van der Waals surface area contributed by atoms with Gasteiger partial charge >= 0.3 is 6.18 Å². The van der Waals surface area contributed by atoms with Crippen LogP contribution in [0.5, 0.6) is 5.75 Å². The van der Waals surface area contributed by atoms with Gasteiger partial charge in [-0.1, -0.05) is 48.5 Å². The van der Waals surface area contributed by atoms with Crippen molar-refractivity contribution in [2.75, 3.05) is 13.2 Å². The Kier molecular flexibility index (Phi) is 5.25. The van der Waals surface area contributed by atoms with E-state index in [0.717, 1.165) is 34.7 Å². The van der Waals surface area contributed by atoms with Crippen LogP contribution in [0.1, 0.15) is 16.7 Å². The molecular weight excluding hydrogens is 377 g/mol. The number of rotatable bonds is 3. The molecule has 0 aromatic heterocycles. The van der Waals surface area contributed by atoms with E-state index in [0.29, 0.717) is 31.0 Å². The summed E-state index contributed by atoms with van der Waals surface area (Å²) in [6, 6.07) is 20.7. The molecule has 1 heterocycles. The maximum atomic E-state index is 12.8. The fourth-order valence-corrected chi connectivity index (χ4v) is 3.20. The first-order valence-electron chi connectivity index (χ1n) is 9.28. The molecule has 1 aliphatic heterocycles. The van der Waals surface area contributed by atoms with E-state index in [4.69, 9.17) is 4.74 Å². The second-order valence-corrected chi connectivity index (χ2v) is 6.70. The molecule has 0 radical (unpaired) electrons. The van der Waals surface area contributed by atoms with Crippen LogP contribution >= 0.6 is 0 Å². The van der Waals surface area contributed by atoms with Crippen molar-refractivity contribution in [3.8, 4) is 16.9 Å². The van der Waals surface area contributed by atoms with Crippen LogP contribution in [0.4, 0.5) is 13.2 Å². The zero-order valence-electron chi connectivity index (χ0n) is 15.5. The van der Waals surface area contributed by atoms with Crippen LogP contribution in [0.25, 0.3) is 11.1 Å². The highest BCUT2D eigenvalue weighted by Crippen LogP contribution is 2.32. The van der Waals surface area contributed by atoms with Gasteiger partial charge in [0.1, 0.15) is 18.2 Å². The van der Waals surface area contributed by atoms with Crippen molar-refractivity contribution in [1.29, 1.82) is 0 Å². The Morgan fingerprint density at radius 1 is 0.897 bits per heavy atom. The third-order valence-corrected chi connectivity index (χ3v) is 4.70. The number of hydrogen-bond donors (Lipinski definition) is 1. The summed E-state index contributed by atoms with van der Waals surface area (Å²) in [5, 5.41) is 3.36. The molecule has 0 saturated carbocycles. The molecule has 0 fully saturated rings. The Hall–Kier alpha value is -3.28. The highest BCUT2D eigenvalue weighted by Gasteiger charge is 2.30. The Labute approximate surface area is 166 Å². The molecule has 6 heteroatoms. The van der Waals surface area contributed by atoms with E-state index in [-0.39, 0.29) is 0 Å². The van der Waals surface area contributed by atoms with E-state index < -0.39 is 11.7 Å². The van der Waals surface area contributed by atoms with E-state index >= 15 is 0 Å². The average molecular weight is 396 g/mol. The number of benzene rings is 3. The molecule has 3 aromatic carbocycles. The molecule has 3 nitrogen and oxygen atoms in total. The summed E-state index contributed by atoms with van der Waals surface area (Å²) in [5.74, 6) is 1.42. The number of amidine groups is 1. The summed E-state index contributed by atoms with van der Waals surface area (Å²) in [5.41, 5.74) is 2.77. The number of halogens is 3. The number of hydrogen-bond acceptors (Lipinski definition) is 3. The highest BCUT2D eigenvalue weighted by molar-refractivity contribution is 6.02. The summed E-state index contributed by atoms with van der Waals surface area (Å²) in [4.78, 5) is 4.59. The van der Waals surface area contributed by atoms with Crippen LogP contribution < -0.4 is 10.1 Å². The predicted octanol–water partition coefficient (Wildman–Crippen LogP) is 5.30. The molecule has 0 bridgehead atoms. The van der Waals surface area contributed by atoms with Crippen LogP contribution in [0.2, 0.25) is 0 Å². The van der Waals surface area contributed by atoms with Gasteiger partial charge in [-0.3, -0.25) is 4.99 Å². The standard InChI is InChI=1S/C23H19F3N2O/c24-23(25,26)19-9-6-17(7-10-19)18-8-11-21-20(14-18)22(27-12-13-29-21)28-15-16-4-2-1-3-5-16/h1-11,14H,12-13,15H2,(H,27,28). The maximum Gasteiger partial charge on any atom is 0.416 e. The first-order chi connectivity index (χ1) is 14.0. The van der Waals surface area contributed by atoms with Gasteiger partial charge in [-0.2, -0.15) is 13.2 Å². The lowest BCUT2D eigenvalue weighted by Crippen LogP contribution is -2.24. The van der Waals surface area contributed by atoms with Crippen molar-refractivity contribution in [1.82, 2.24) is 5.32 Å². The van der Waals surface area contributed by atoms with Crippen molar-refractivity contribution >= 4 is 5.84 Å². The zero-order chi connectivity index (χ0) is 20.3. The number of alkyl halides is 3. The Balaban J connectivity index is 1.62. The topological polar surface area (TPSA) is 33.6 Å². The highest BCUT2D eigenvalue weighted by atomic mass is 19.4. The molecule has 0 unspecified atom stereocenters. The molecule has 3 aromatic rings. The van der Waals surface area contributed by atoms with Crippen LogP contribution in [-0.2, 0) is 12.7 Å². The molecule has 0 atom stereocenters. The largest absolute Gasteiger partial charge is 0.491 e. The summed E-state index contributed by atoms with van der Waals surface area (Å²) in [6.45, 7) is 1.62. The molecule has 148 valence electrons. The van der Waals surface area contributed by atoms with Gasteiger partial charge in [0.05, 0.1) is 17.7 Å². The minimum atomic E-state index is -4.35. The minimum Gasteiger partial charge on any atom is -0.491 e. The lowest BCUT2D eigenvalue weighted by Gasteiger charge is -2.14. The van der Waals surface area contributed by atoms with Gasteiger partial charge in [0.15, 0.2) is 0 Å². The number of fused-ring (bicyclic) bond motifs is 1. The molecule has 4 rings (SSSR count). The van der Waals surface area contributed by atoms with E-state index in [9.17, 15) is 13.2 Å². The summed E-state index contributed by atoms with van der Waals surface area (Å²) in [6.07, 6.45) is -4.35. The molecule has 1 N–H and O–H groups in total. The first kappa shape index (κ1) is 19.1. The van der Waals surface area contributed by atoms with Gasteiger partial charge in [-0.25, -0.2) is 0 Å². The zero-order valence-corrected chi connectivity index (χ0v) is 15.5. The molecule has 29 heavy (non-hydrogen) atoms. The molecule has 1 aliphatic rings. The van der Waals surface area contributed by atoms with Gasteiger partial charge in [0.2, 0.25) is 0 Å². The summed E-state index contributed by atoms with van der Waals surface area (Å²) < 4.78 is 44.3. The maximum absolute atomic E-state index is 12.8. The van der Waals surface area contributed by atoms with Crippen LogP contribution in [0.3, 0.4) is 0 Å². The molecule has 0 saturated heterocycles. The lowest BCUT2D eigenvalue weighted by molar-refractivity contribution is -0.137. The van der Waals surface area contributed by atoms with Crippen molar-refractivity contribution in [2.24, 2.45) is 4.99 Å². The number of nitrogens with one attached hydrogen (secondary N) is 1. The first-order valence-corrected chi connectivity index (χ1v) is 9.28. The van der Waals surface area contributed by atoms with Crippen molar-refractivity contribution < 1.29 is 17.9 Å². The molecule has 0 aliphatic carbocycles. The van der Waals surface area contributed by atoms with Gasteiger partial charge in [0.25, 0.3) is 0 Å². The van der Waals surface area contributed by atoms with Crippen molar-refractivity contribution in [3.63, 3.8) is 0 Å².